The molecule has 0 radical (unpaired) electrons. The van der Waals surface area contributed by atoms with Crippen molar-refractivity contribution in [2.75, 3.05) is 52.6 Å². The van der Waals surface area contributed by atoms with Gasteiger partial charge in [0.1, 0.15) is 24.6 Å². The molecule has 3 N–H and O–H groups in total. The van der Waals surface area contributed by atoms with Crippen LogP contribution in [0, 0.1) is 0 Å². The van der Waals surface area contributed by atoms with Crippen LogP contribution >= 0.6 is 12.2 Å². The monoisotopic (exact) mass is 423 g/mol. The highest BCUT2D eigenvalue weighted by atomic mass is 32.1. The third-order valence-corrected chi connectivity index (χ3v) is 4.72. The van der Waals surface area contributed by atoms with Gasteiger partial charge in [-0.05, 0) is 37.2 Å². The van der Waals surface area contributed by atoms with Gasteiger partial charge in [0.25, 0.3) is 0 Å². The maximum atomic E-state index is 5.84. The van der Waals surface area contributed by atoms with Gasteiger partial charge in [-0.15, -0.1) is 0 Å². The van der Waals surface area contributed by atoms with E-state index in [2.05, 4.69) is 29.7 Å². The van der Waals surface area contributed by atoms with Crippen molar-refractivity contribution < 1.29 is 19.1 Å². The van der Waals surface area contributed by atoms with E-state index >= 15 is 0 Å². The summed E-state index contributed by atoms with van der Waals surface area (Å²) in [6, 6.07) is 5.79. The number of morpholine rings is 1. The number of quaternary nitrogens is 1. The topological polar surface area (TPSA) is 68.5 Å². The summed E-state index contributed by atoms with van der Waals surface area (Å²) in [6.07, 6.45) is 4.70. The molecule has 0 unspecified atom stereocenters. The fraction of sp³-hybridized carbons (Fsp3) is 0.619. The molecule has 1 aromatic carbocycles. The van der Waals surface area contributed by atoms with Gasteiger partial charge in [-0.3, -0.25) is 5.43 Å². The van der Waals surface area contributed by atoms with Gasteiger partial charge < -0.3 is 24.4 Å². The lowest BCUT2D eigenvalue weighted by atomic mass is 10.2. The first-order valence-electron chi connectivity index (χ1n) is 10.6. The van der Waals surface area contributed by atoms with E-state index in [0.717, 1.165) is 75.7 Å². The number of rotatable bonds is 12. The van der Waals surface area contributed by atoms with Crippen LogP contribution < -0.4 is 25.1 Å². The van der Waals surface area contributed by atoms with Crippen LogP contribution in [0.25, 0.3) is 0 Å². The summed E-state index contributed by atoms with van der Waals surface area (Å²) >= 11 is 5.30. The molecule has 0 atom stereocenters. The molecule has 1 saturated heterocycles. The second kappa shape index (κ2) is 14.1. The largest absolute Gasteiger partial charge is 0.493 e. The summed E-state index contributed by atoms with van der Waals surface area (Å²) < 4.78 is 16.9. The third-order valence-electron chi connectivity index (χ3n) is 4.48. The number of hydrogen-bond donors (Lipinski definition) is 3. The minimum atomic E-state index is 0.525. The molecule has 29 heavy (non-hydrogen) atoms. The fourth-order valence-corrected chi connectivity index (χ4v) is 3.07. The van der Waals surface area contributed by atoms with Crippen LogP contribution in [-0.2, 0) is 4.74 Å². The number of nitrogens with zero attached hydrogens (tertiary/aromatic N) is 1. The van der Waals surface area contributed by atoms with Crippen molar-refractivity contribution >= 4 is 23.5 Å². The molecule has 8 heteroatoms. The summed E-state index contributed by atoms with van der Waals surface area (Å²) in [6.45, 7) is 11.4. The Morgan fingerprint density at radius 1 is 1.21 bits per heavy atom. The van der Waals surface area contributed by atoms with E-state index in [1.807, 2.05) is 18.2 Å². The number of hydrazone groups is 1. The van der Waals surface area contributed by atoms with E-state index in [4.69, 9.17) is 26.4 Å². The van der Waals surface area contributed by atoms with E-state index in [-0.39, 0.29) is 0 Å². The molecule has 1 heterocycles. The highest BCUT2D eigenvalue weighted by Gasteiger charge is 2.12. The molecule has 0 saturated carbocycles. The first-order chi connectivity index (χ1) is 14.2. The third kappa shape index (κ3) is 9.43. The van der Waals surface area contributed by atoms with Crippen LogP contribution in [0.4, 0.5) is 0 Å². The first kappa shape index (κ1) is 23.4. The predicted molar refractivity (Wildman–Crippen MR) is 120 cm³/mol. The Labute approximate surface area is 179 Å². The van der Waals surface area contributed by atoms with Crippen molar-refractivity contribution in [1.82, 2.24) is 10.7 Å². The van der Waals surface area contributed by atoms with E-state index in [0.29, 0.717) is 18.3 Å². The van der Waals surface area contributed by atoms with Gasteiger partial charge in [0.05, 0.1) is 39.2 Å². The standard InChI is InChI=1S/C21H34N4O3S/c1-3-12-27-19-7-6-18(20(16-19)28-13-4-2)17-23-24-21(29)22-8-5-9-25-10-14-26-15-11-25/h6-7,16-17H,3-5,8-15H2,1-2H3,(H2,22,24,29)/p+1/b23-17-. The van der Waals surface area contributed by atoms with Gasteiger partial charge in [0.2, 0.25) is 0 Å². The summed E-state index contributed by atoms with van der Waals surface area (Å²) in [4.78, 5) is 1.60. The Balaban J connectivity index is 1.75. The second-order valence-electron chi connectivity index (χ2n) is 6.99. The van der Waals surface area contributed by atoms with Crippen molar-refractivity contribution in [3.63, 3.8) is 0 Å². The minimum absolute atomic E-state index is 0.525. The van der Waals surface area contributed by atoms with E-state index < -0.39 is 0 Å². The number of ether oxygens (including phenoxy) is 3. The lowest BCUT2D eigenvalue weighted by Crippen LogP contribution is -3.14. The Hall–Kier alpha value is -1.90. The average molecular weight is 424 g/mol. The Bertz CT molecular complexity index is 636. The van der Waals surface area contributed by atoms with Crippen molar-refractivity contribution in [3.8, 4) is 11.5 Å². The molecule has 1 aromatic rings. The van der Waals surface area contributed by atoms with E-state index in [1.165, 1.54) is 0 Å². The Kier molecular flexibility index (Phi) is 11.4. The molecule has 1 fully saturated rings. The molecular weight excluding hydrogens is 388 g/mol. The molecule has 0 aromatic heterocycles. The number of benzene rings is 1. The molecule has 162 valence electrons. The molecule has 0 aliphatic carbocycles. The lowest BCUT2D eigenvalue weighted by molar-refractivity contribution is -0.908. The van der Waals surface area contributed by atoms with E-state index in [1.54, 1.807) is 11.1 Å². The van der Waals surface area contributed by atoms with Gasteiger partial charge in [0.15, 0.2) is 5.11 Å². The van der Waals surface area contributed by atoms with Crippen LogP contribution in [0.3, 0.4) is 0 Å². The second-order valence-corrected chi connectivity index (χ2v) is 7.40. The Morgan fingerprint density at radius 2 is 1.97 bits per heavy atom. The zero-order valence-electron chi connectivity index (χ0n) is 17.7. The highest BCUT2D eigenvalue weighted by molar-refractivity contribution is 7.80. The molecule has 1 aliphatic heterocycles. The first-order valence-corrected chi connectivity index (χ1v) is 11.0. The zero-order chi connectivity index (χ0) is 20.7. The Morgan fingerprint density at radius 3 is 2.72 bits per heavy atom. The maximum absolute atomic E-state index is 5.84. The van der Waals surface area contributed by atoms with Crippen LogP contribution in [-0.4, -0.2) is 63.9 Å². The van der Waals surface area contributed by atoms with Crippen molar-refractivity contribution in [2.24, 2.45) is 5.10 Å². The lowest BCUT2D eigenvalue weighted by Gasteiger charge is -2.23. The van der Waals surface area contributed by atoms with Crippen molar-refractivity contribution in [3.05, 3.63) is 23.8 Å². The molecule has 0 spiro atoms. The van der Waals surface area contributed by atoms with Crippen LogP contribution in [0.1, 0.15) is 38.7 Å². The normalized spacial score (nSPS) is 14.7. The summed E-state index contributed by atoms with van der Waals surface area (Å²) in [5.74, 6) is 1.57. The SMILES string of the molecule is CCCOc1ccc(/C=N\NC(=S)NCCC[NH+]2CCOCC2)c(OCCC)c1. The number of hydrogen-bond acceptors (Lipinski definition) is 5. The molecule has 2 rings (SSSR count). The van der Waals surface area contributed by atoms with Crippen molar-refractivity contribution in [2.45, 2.75) is 33.1 Å². The summed E-state index contributed by atoms with van der Waals surface area (Å²) in [5.41, 5.74) is 3.76. The van der Waals surface area contributed by atoms with Gasteiger partial charge in [-0.1, -0.05) is 13.8 Å². The number of nitrogens with one attached hydrogen (secondary N) is 3. The van der Waals surface area contributed by atoms with E-state index in [9.17, 15) is 0 Å². The summed E-state index contributed by atoms with van der Waals surface area (Å²) in [5, 5.41) is 7.98. The fourth-order valence-electron chi connectivity index (χ4n) is 2.92. The smallest absolute Gasteiger partial charge is 0.186 e. The van der Waals surface area contributed by atoms with Crippen LogP contribution in [0.2, 0.25) is 0 Å². The number of thiocarbonyl (C=S) groups is 1. The summed E-state index contributed by atoms with van der Waals surface area (Å²) in [7, 11) is 0. The van der Waals surface area contributed by atoms with Crippen LogP contribution in [0.15, 0.2) is 23.3 Å². The van der Waals surface area contributed by atoms with Gasteiger partial charge in [-0.2, -0.15) is 5.10 Å². The van der Waals surface area contributed by atoms with Crippen molar-refractivity contribution in [1.29, 1.82) is 0 Å². The van der Waals surface area contributed by atoms with Gasteiger partial charge in [0, 0.05) is 24.6 Å². The molecule has 1 aliphatic rings. The minimum Gasteiger partial charge on any atom is -0.493 e. The zero-order valence-corrected chi connectivity index (χ0v) is 18.5. The molecular formula is C21H35N4O3S+. The van der Waals surface area contributed by atoms with Gasteiger partial charge in [-0.25, -0.2) is 0 Å². The van der Waals surface area contributed by atoms with Gasteiger partial charge >= 0.3 is 0 Å². The molecule has 0 bridgehead atoms. The molecule has 0 amide bonds. The predicted octanol–water partition coefficient (Wildman–Crippen LogP) is 1.37. The highest BCUT2D eigenvalue weighted by Crippen LogP contribution is 2.24. The average Bonchev–Trinajstić information content (AvgIpc) is 2.75. The van der Waals surface area contributed by atoms with Crippen LogP contribution in [0.5, 0.6) is 11.5 Å². The quantitative estimate of drug-likeness (QED) is 0.204. The maximum Gasteiger partial charge on any atom is 0.186 e. The molecule has 7 nitrogen and oxygen atoms in total.